The van der Waals surface area contributed by atoms with Gasteiger partial charge in [0.1, 0.15) is 4.99 Å². The molecule has 3 nitrogen and oxygen atoms in total. The summed E-state index contributed by atoms with van der Waals surface area (Å²) in [6.45, 7) is 9.60. The number of unbranched alkanes of at least 4 members (excludes halogenated alkanes) is 2. The highest BCUT2D eigenvalue weighted by molar-refractivity contribution is 7.89. The lowest BCUT2D eigenvalue weighted by atomic mass is 10.2. The van der Waals surface area contributed by atoms with Gasteiger partial charge in [-0.1, -0.05) is 26.2 Å². The Morgan fingerprint density at radius 1 is 1.06 bits per heavy atom. The van der Waals surface area contributed by atoms with Crippen LogP contribution in [0.2, 0.25) is 0 Å². The minimum Gasteiger partial charge on any atom is -0.305 e. The van der Waals surface area contributed by atoms with Crippen LogP contribution in [0.15, 0.2) is 0 Å². The molecule has 0 rings (SSSR count). The zero-order valence-electron chi connectivity index (χ0n) is 11.7. The molecule has 0 fully saturated rings. The first-order valence-electron chi connectivity index (χ1n) is 6.46. The highest BCUT2D eigenvalue weighted by Crippen LogP contribution is 2.57. The average molecular weight is 282 g/mol. The van der Waals surface area contributed by atoms with Crippen molar-refractivity contribution in [2.75, 3.05) is 0 Å². The fourth-order valence-electron chi connectivity index (χ4n) is 1.49. The van der Waals surface area contributed by atoms with Crippen molar-refractivity contribution in [3.63, 3.8) is 0 Å². The SMILES string of the molecule is CCCCC[C@H](S)P(=O)(OC(C)C)OC(C)C. The van der Waals surface area contributed by atoms with Crippen LogP contribution < -0.4 is 0 Å². The van der Waals surface area contributed by atoms with Gasteiger partial charge in [0.25, 0.3) is 0 Å². The molecule has 1 atom stereocenters. The average Bonchev–Trinajstić information content (AvgIpc) is 2.15. The molecule has 17 heavy (non-hydrogen) atoms. The summed E-state index contributed by atoms with van der Waals surface area (Å²) in [5.74, 6) is 0. The van der Waals surface area contributed by atoms with E-state index in [4.69, 9.17) is 9.05 Å². The van der Waals surface area contributed by atoms with Crippen molar-refractivity contribution in [3.8, 4) is 0 Å². The van der Waals surface area contributed by atoms with Crippen LogP contribution in [0.25, 0.3) is 0 Å². The van der Waals surface area contributed by atoms with Gasteiger partial charge in [0.2, 0.25) is 0 Å². The minimum absolute atomic E-state index is 0.111. The Kier molecular flexibility index (Phi) is 8.83. The van der Waals surface area contributed by atoms with Gasteiger partial charge < -0.3 is 9.05 Å². The molecular formula is C12H27O3PS. The first-order valence-corrected chi connectivity index (χ1v) is 8.59. The smallest absolute Gasteiger partial charge is 0.305 e. The van der Waals surface area contributed by atoms with Crippen molar-refractivity contribution in [3.05, 3.63) is 0 Å². The molecule has 0 aliphatic carbocycles. The normalized spacial score (nSPS) is 14.6. The van der Waals surface area contributed by atoms with E-state index in [1.165, 1.54) is 0 Å². The number of thiol groups is 1. The molecule has 0 aliphatic rings. The van der Waals surface area contributed by atoms with Crippen LogP contribution in [0.3, 0.4) is 0 Å². The summed E-state index contributed by atoms with van der Waals surface area (Å²) in [4.78, 5) is -0.321. The molecule has 5 heteroatoms. The monoisotopic (exact) mass is 282 g/mol. The highest BCUT2D eigenvalue weighted by atomic mass is 32.1. The summed E-state index contributed by atoms with van der Waals surface area (Å²) in [6, 6.07) is 0. The number of hydrogen-bond acceptors (Lipinski definition) is 4. The van der Waals surface area contributed by atoms with Gasteiger partial charge in [-0.3, -0.25) is 4.57 Å². The van der Waals surface area contributed by atoms with E-state index >= 15 is 0 Å². The Labute approximate surface area is 112 Å². The molecule has 0 aromatic rings. The van der Waals surface area contributed by atoms with Gasteiger partial charge in [-0.15, -0.1) is 0 Å². The fraction of sp³-hybridized carbons (Fsp3) is 1.00. The number of rotatable bonds is 9. The molecule has 0 radical (unpaired) electrons. The van der Waals surface area contributed by atoms with E-state index < -0.39 is 7.60 Å². The van der Waals surface area contributed by atoms with E-state index in [1.807, 2.05) is 27.7 Å². The van der Waals surface area contributed by atoms with Gasteiger partial charge >= 0.3 is 7.60 Å². The molecule has 0 aliphatic heterocycles. The Morgan fingerprint density at radius 3 is 1.88 bits per heavy atom. The maximum absolute atomic E-state index is 12.6. The Morgan fingerprint density at radius 2 is 1.53 bits per heavy atom. The lowest BCUT2D eigenvalue weighted by Gasteiger charge is -2.27. The second kappa shape index (κ2) is 8.58. The third-order valence-electron chi connectivity index (χ3n) is 2.15. The predicted molar refractivity (Wildman–Crippen MR) is 77.0 cm³/mol. The quantitative estimate of drug-likeness (QED) is 0.372. The van der Waals surface area contributed by atoms with E-state index in [2.05, 4.69) is 19.6 Å². The van der Waals surface area contributed by atoms with Crippen LogP contribution in [0.4, 0.5) is 0 Å². The van der Waals surface area contributed by atoms with Crippen LogP contribution in [0.1, 0.15) is 60.3 Å². The predicted octanol–water partition coefficient (Wildman–Crippen LogP) is 4.87. The zero-order valence-corrected chi connectivity index (χ0v) is 13.5. The third kappa shape index (κ3) is 7.50. The second-order valence-electron chi connectivity index (χ2n) is 4.82. The molecule has 0 aromatic carbocycles. The molecule has 0 N–H and O–H groups in total. The largest absolute Gasteiger partial charge is 0.343 e. The molecular weight excluding hydrogens is 255 g/mol. The van der Waals surface area contributed by atoms with Gasteiger partial charge in [-0.2, -0.15) is 12.6 Å². The molecule has 0 amide bonds. The standard InChI is InChI=1S/C12H27O3PS/c1-6-7-8-9-12(17)16(13,14-10(2)3)15-11(4)5/h10-12,17H,6-9H2,1-5H3/t12-/m0/s1. The lowest BCUT2D eigenvalue weighted by molar-refractivity contribution is 0.140. The van der Waals surface area contributed by atoms with Crippen LogP contribution in [0, 0.1) is 0 Å². The van der Waals surface area contributed by atoms with Crippen LogP contribution in [-0.4, -0.2) is 17.2 Å². The molecule has 0 saturated carbocycles. The van der Waals surface area contributed by atoms with Crippen molar-refractivity contribution in [1.29, 1.82) is 0 Å². The van der Waals surface area contributed by atoms with Gasteiger partial charge in [-0.25, -0.2) is 0 Å². The summed E-state index contributed by atoms with van der Waals surface area (Å²) in [5.41, 5.74) is 0. The summed E-state index contributed by atoms with van der Waals surface area (Å²) in [5, 5.41) is 0. The third-order valence-corrected chi connectivity index (χ3v) is 5.67. The Balaban J connectivity index is 4.49. The van der Waals surface area contributed by atoms with Gasteiger partial charge in [0.05, 0.1) is 12.2 Å². The lowest BCUT2D eigenvalue weighted by Crippen LogP contribution is -2.14. The first-order chi connectivity index (χ1) is 7.81. The fourth-order valence-corrected chi connectivity index (χ4v) is 4.00. The molecule has 0 bridgehead atoms. The summed E-state index contributed by atoms with van der Waals surface area (Å²) < 4.78 is 23.6. The van der Waals surface area contributed by atoms with Gasteiger partial charge in [0, 0.05) is 0 Å². The molecule has 0 aromatic heterocycles. The van der Waals surface area contributed by atoms with Crippen molar-refractivity contribution < 1.29 is 13.6 Å². The molecule has 104 valence electrons. The minimum atomic E-state index is -3.10. The summed E-state index contributed by atoms with van der Waals surface area (Å²) in [6.07, 6.45) is 3.83. The van der Waals surface area contributed by atoms with E-state index in [0.29, 0.717) is 0 Å². The maximum atomic E-state index is 12.6. The van der Waals surface area contributed by atoms with Crippen molar-refractivity contribution >= 4 is 20.2 Å². The van der Waals surface area contributed by atoms with E-state index in [0.717, 1.165) is 25.7 Å². The molecule has 0 spiro atoms. The number of hydrogen-bond donors (Lipinski definition) is 1. The topological polar surface area (TPSA) is 35.5 Å². The van der Waals surface area contributed by atoms with Gasteiger partial charge in [-0.05, 0) is 34.1 Å². The van der Waals surface area contributed by atoms with E-state index in [9.17, 15) is 4.57 Å². The Bertz CT molecular complexity index is 230. The van der Waals surface area contributed by atoms with Gasteiger partial charge in [0.15, 0.2) is 0 Å². The van der Waals surface area contributed by atoms with Crippen molar-refractivity contribution in [1.82, 2.24) is 0 Å². The van der Waals surface area contributed by atoms with Crippen LogP contribution in [0.5, 0.6) is 0 Å². The van der Waals surface area contributed by atoms with E-state index in [-0.39, 0.29) is 17.2 Å². The van der Waals surface area contributed by atoms with Crippen molar-refractivity contribution in [2.45, 2.75) is 77.5 Å². The highest BCUT2D eigenvalue weighted by Gasteiger charge is 2.35. The van der Waals surface area contributed by atoms with E-state index in [1.54, 1.807) is 0 Å². The Hall–Kier alpha value is 0.500. The molecule has 0 heterocycles. The summed E-state index contributed by atoms with van der Waals surface area (Å²) >= 11 is 4.42. The zero-order chi connectivity index (χ0) is 13.5. The maximum Gasteiger partial charge on any atom is 0.343 e. The van der Waals surface area contributed by atoms with Crippen LogP contribution >= 0.6 is 20.2 Å². The molecule has 0 saturated heterocycles. The summed E-state index contributed by atoms with van der Waals surface area (Å²) in [7, 11) is -3.10. The first kappa shape index (κ1) is 17.5. The second-order valence-corrected chi connectivity index (χ2v) is 7.98. The van der Waals surface area contributed by atoms with Crippen LogP contribution in [-0.2, 0) is 13.6 Å². The van der Waals surface area contributed by atoms with Crippen molar-refractivity contribution in [2.24, 2.45) is 0 Å². The molecule has 0 unspecified atom stereocenters.